The molecule has 0 saturated carbocycles. The molecule has 4 rings (SSSR count). The number of carbonyl (C=O) groups excluding carboxylic acids is 1. The molecule has 0 bridgehead atoms. The van der Waals surface area contributed by atoms with Crippen molar-refractivity contribution in [2.75, 3.05) is 27.2 Å². The Kier molecular flexibility index (Phi) is 5.65. The van der Waals surface area contributed by atoms with Crippen LogP contribution in [-0.4, -0.2) is 67.6 Å². The lowest BCUT2D eigenvalue weighted by Gasteiger charge is -2.39. The third-order valence-electron chi connectivity index (χ3n) is 5.38. The lowest BCUT2D eigenvalue weighted by molar-refractivity contribution is -0.0282. The van der Waals surface area contributed by atoms with E-state index in [2.05, 4.69) is 25.3 Å². The van der Waals surface area contributed by atoms with Gasteiger partial charge in [0.1, 0.15) is 15.9 Å². The van der Waals surface area contributed by atoms with E-state index >= 15 is 0 Å². The first kappa shape index (κ1) is 21.0. The maximum Gasteiger partial charge on any atom is 0.319 e. The number of carbonyl (C=O) groups is 1. The zero-order chi connectivity index (χ0) is 21.5. The van der Waals surface area contributed by atoms with Gasteiger partial charge in [-0.15, -0.1) is 0 Å². The normalized spacial score (nSPS) is 16.1. The number of aliphatic hydroxyl groups is 1. The summed E-state index contributed by atoms with van der Waals surface area (Å²) in [7, 11) is 3.42. The number of amides is 2. The molecule has 0 unspecified atom stereocenters. The van der Waals surface area contributed by atoms with E-state index in [0.717, 1.165) is 21.6 Å². The van der Waals surface area contributed by atoms with E-state index in [4.69, 9.17) is 0 Å². The summed E-state index contributed by atoms with van der Waals surface area (Å²) in [6.07, 6.45) is 2.30. The first-order valence-electron chi connectivity index (χ1n) is 9.57. The maximum atomic E-state index is 13.0. The summed E-state index contributed by atoms with van der Waals surface area (Å²) in [5, 5.41) is 11.0. The van der Waals surface area contributed by atoms with Gasteiger partial charge in [0, 0.05) is 37.2 Å². The van der Waals surface area contributed by atoms with Crippen LogP contribution in [0.3, 0.4) is 0 Å². The van der Waals surface area contributed by atoms with Gasteiger partial charge in [-0.1, -0.05) is 28.1 Å². The average molecular weight is 492 g/mol. The van der Waals surface area contributed by atoms with Crippen molar-refractivity contribution >= 4 is 43.7 Å². The third-order valence-corrected chi connectivity index (χ3v) is 6.73. The summed E-state index contributed by atoms with van der Waals surface area (Å²) in [4.78, 5) is 32.8. The zero-order valence-electron chi connectivity index (χ0n) is 16.7. The average Bonchev–Trinajstić information content (AvgIpc) is 3.15. The molecule has 0 spiro atoms. The fourth-order valence-corrected chi connectivity index (χ4v) is 4.71. The summed E-state index contributed by atoms with van der Waals surface area (Å²) in [6.45, 7) is 1.04. The molecule has 1 aliphatic rings. The van der Waals surface area contributed by atoms with Gasteiger partial charge < -0.3 is 14.9 Å². The van der Waals surface area contributed by atoms with Crippen molar-refractivity contribution in [3.63, 3.8) is 0 Å². The van der Waals surface area contributed by atoms with Gasteiger partial charge in [-0.2, -0.15) is 4.37 Å². The van der Waals surface area contributed by atoms with Gasteiger partial charge in [-0.05, 0) is 36.5 Å². The summed E-state index contributed by atoms with van der Waals surface area (Å²) in [6, 6.07) is 7.63. The number of hydrogen-bond acceptors (Lipinski definition) is 6. The molecule has 8 nitrogen and oxygen atoms in total. The molecule has 0 atom stereocenters. The van der Waals surface area contributed by atoms with E-state index in [1.165, 1.54) is 15.8 Å². The number of halogens is 1. The largest absolute Gasteiger partial charge is 0.388 e. The second kappa shape index (κ2) is 8.09. The number of benzene rings is 1. The smallest absolute Gasteiger partial charge is 0.319 e. The van der Waals surface area contributed by atoms with Crippen LogP contribution in [0.2, 0.25) is 0 Å². The number of nitrogens with zero attached hydrogens (tertiary/aromatic N) is 5. The number of rotatable bonds is 3. The van der Waals surface area contributed by atoms with Gasteiger partial charge in [0.2, 0.25) is 0 Å². The highest BCUT2D eigenvalue weighted by Crippen LogP contribution is 2.29. The van der Waals surface area contributed by atoms with Gasteiger partial charge in [-0.25, -0.2) is 9.78 Å². The Hall–Kier alpha value is -2.30. The van der Waals surface area contributed by atoms with E-state index < -0.39 is 5.60 Å². The van der Waals surface area contributed by atoms with Crippen LogP contribution in [0.15, 0.2) is 39.9 Å². The third kappa shape index (κ3) is 3.99. The van der Waals surface area contributed by atoms with Crippen molar-refractivity contribution in [2.24, 2.45) is 0 Å². The number of urea groups is 1. The molecule has 2 amide bonds. The molecule has 2 aromatic heterocycles. The quantitative estimate of drug-likeness (QED) is 0.607. The highest BCUT2D eigenvalue weighted by atomic mass is 79.9. The minimum absolute atomic E-state index is 0.0672. The second-order valence-electron chi connectivity index (χ2n) is 7.78. The van der Waals surface area contributed by atoms with E-state index in [1.807, 2.05) is 24.3 Å². The van der Waals surface area contributed by atoms with Crippen molar-refractivity contribution < 1.29 is 9.90 Å². The SMILES string of the molecule is CN(C)C(=O)N1CCC(O)(Cn2cnc3c(-c4ccc(Br)cc4)nsc3c2=O)CC1. The fourth-order valence-electron chi connectivity index (χ4n) is 3.64. The highest BCUT2D eigenvalue weighted by Gasteiger charge is 2.35. The Bertz CT molecular complexity index is 1130. The lowest BCUT2D eigenvalue weighted by Crippen LogP contribution is -2.51. The summed E-state index contributed by atoms with van der Waals surface area (Å²) in [5.41, 5.74) is 0.885. The minimum Gasteiger partial charge on any atom is -0.388 e. The topological polar surface area (TPSA) is 91.6 Å². The second-order valence-corrected chi connectivity index (χ2v) is 9.47. The Balaban J connectivity index is 1.56. The van der Waals surface area contributed by atoms with Gasteiger partial charge in [0.05, 0.1) is 18.5 Å². The molecule has 1 saturated heterocycles. The van der Waals surface area contributed by atoms with Crippen LogP contribution < -0.4 is 5.56 Å². The van der Waals surface area contributed by atoms with E-state index in [-0.39, 0.29) is 18.1 Å². The van der Waals surface area contributed by atoms with Crippen molar-refractivity contribution in [1.82, 2.24) is 23.7 Å². The zero-order valence-corrected chi connectivity index (χ0v) is 19.1. The molecule has 3 heterocycles. The highest BCUT2D eigenvalue weighted by molar-refractivity contribution is 9.10. The minimum atomic E-state index is -1.05. The van der Waals surface area contributed by atoms with Crippen LogP contribution in [0, 0.1) is 0 Å². The number of piperidine rings is 1. The molecule has 3 aromatic rings. The standard InChI is InChI=1S/C20H22BrN5O3S/c1-24(2)19(28)25-9-7-20(29,8-10-25)11-26-12-22-16-15(23-30-17(16)18(26)27)13-3-5-14(21)6-4-13/h3-6,12,29H,7-11H2,1-2H3. The van der Waals surface area contributed by atoms with Crippen LogP contribution in [0.1, 0.15) is 12.8 Å². The molecule has 0 radical (unpaired) electrons. The van der Waals surface area contributed by atoms with Crippen LogP contribution in [-0.2, 0) is 6.54 Å². The predicted octanol–water partition coefficient (Wildman–Crippen LogP) is 2.79. The van der Waals surface area contributed by atoms with E-state index in [0.29, 0.717) is 41.8 Å². The molecule has 1 N–H and O–H groups in total. The van der Waals surface area contributed by atoms with Crippen LogP contribution in [0.5, 0.6) is 0 Å². The molecule has 1 aromatic carbocycles. The summed E-state index contributed by atoms with van der Waals surface area (Å²) in [5.74, 6) is 0. The molecule has 1 aliphatic heterocycles. The molecule has 0 aliphatic carbocycles. The van der Waals surface area contributed by atoms with Crippen LogP contribution >= 0.6 is 27.5 Å². The molecule has 1 fully saturated rings. The molecular weight excluding hydrogens is 470 g/mol. The first-order chi connectivity index (χ1) is 14.3. The van der Waals surface area contributed by atoms with E-state index in [9.17, 15) is 14.7 Å². The molecule has 10 heteroatoms. The number of aromatic nitrogens is 3. The van der Waals surface area contributed by atoms with Gasteiger partial charge in [0.25, 0.3) is 5.56 Å². The van der Waals surface area contributed by atoms with Gasteiger partial charge in [0.15, 0.2) is 0 Å². The fraction of sp³-hybridized carbons (Fsp3) is 0.400. The van der Waals surface area contributed by atoms with E-state index in [1.54, 1.807) is 19.0 Å². The van der Waals surface area contributed by atoms with Crippen molar-refractivity contribution in [3.05, 3.63) is 45.4 Å². The summed E-state index contributed by atoms with van der Waals surface area (Å²) >= 11 is 4.54. The first-order valence-corrected chi connectivity index (χ1v) is 11.1. The van der Waals surface area contributed by atoms with Crippen molar-refractivity contribution in [2.45, 2.75) is 25.0 Å². The number of hydrogen-bond donors (Lipinski definition) is 1. The number of likely N-dealkylation sites (tertiary alicyclic amines) is 1. The van der Waals surface area contributed by atoms with Gasteiger partial charge >= 0.3 is 6.03 Å². The van der Waals surface area contributed by atoms with Crippen LogP contribution in [0.25, 0.3) is 21.5 Å². The molecule has 158 valence electrons. The number of fused-ring (bicyclic) bond motifs is 1. The van der Waals surface area contributed by atoms with Crippen molar-refractivity contribution in [1.29, 1.82) is 0 Å². The van der Waals surface area contributed by atoms with Gasteiger partial charge in [-0.3, -0.25) is 9.36 Å². The molecule has 30 heavy (non-hydrogen) atoms. The Morgan fingerprint density at radius 1 is 1.27 bits per heavy atom. The Labute approximate surface area is 186 Å². The van der Waals surface area contributed by atoms with Crippen molar-refractivity contribution in [3.8, 4) is 11.3 Å². The van der Waals surface area contributed by atoms with Crippen LogP contribution in [0.4, 0.5) is 4.79 Å². The monoisotopic (exact) mass is 491 g/mol. The Morgan fingerprint density at radius 2 is 1.93 bits per heavy atom. The summed E-state index contributed by atoms with van der Waals surface area (Å²) < 4.78 is 7.34. The molecular formula is C20H22BrN5O3S. The maximum absolute atomic E-state index is 13.0. The predicted molar refractivity (Wildman–Crippen MR) is 120 cm³/mol. The lowest BCUT2D eigenvalue weighted by atomic mass is 9.91. The Morgan fingerprint density at radius 3 is 2.57 bits per heavy atom.